The van der Waals surface area contributed by atoms with Crippen molar-refractivity contribution in [1.29, 1.82) is 0 Å². The molecule has 1 fully saturated rings. The van der Waals surface area contributed by atoms with E-state index in [-0.39, 0.29) is 0 Å². The molecule has 0 heterocycles. The summed E-state index contributed by atoms with van der Waals surface area (Å²) in [5.74, 6) is 2.86. The monoisotopic (exact) mass is 268 g/mol. The highest BCUT2D eigenvalue weighted by Gasteiger charge is 2.50. The molecule has 0 amide bonds. The van der Waals surface area contributed by atoms with Crippen LogP contribution in [0.4, 0.5) is 0 Å². The van der Waals surface area contributed by atoms with Crippen LogP contribution in [0.5, 0.6) is 5.75 Å². The van der Waals surface area contributed by atoms with Crippen LogP contribution in [-0.4, -0.2) is 5.11 Å². The molecule has 0 aliphatic heterocycles. The van der Waals surface area contributed by atoms with Gasteiger partial charge in [0.25, 0.3) is 0 Å². The zero-order valence-electron chi connectivity index (χ0n) is 12.5. The van der Waals surface area contributed by atoms with Gasteiger partial charge in [0.15, 0.2) is 0 Å². The van der Waals surface area contributed by atoms with Gasteiger partial charge in [0, 0.05) is 0 Å². The molecule has 0 bridgehead atoms. The summed E-state index contributed by atoms with van der Waals surface area (Å²) >= 11 is 0. The Morgan fingerprint density at radius 3 is 2.95 bits per heavy atom. The fraction of sp³-hybridized carbons (Fsp3) is 0.579. The Hall–Kier alpha value is -1.24. The largest absolute Gasteiger partial charge is 0.508 e. The van der Waals surface area contributed by atoms with Crippen LogP contribution in [0.25, 0.3) is 0 Å². The number of hydrogen-bond acceptors (Lipinski definition) is 1. The van der Waals surface area contributed by atoms with Crippen molar-refractivity contribution in [3.63, 3.8) is 0 Å². The minimum atomic E-state index is 0.432. The SMILES string of the molecule is CC1=CC[C@H]2[C@@H]3CCc4cc(O)ccc4[C@H]3CC[C@]12C. The third kappa shape index (κ3) is 1.55. The van der Waals surface area contributed by atoms with Gasteiger partial charge in [-0.05, 0) is 85.5 Å². The molecule has 1 nitrogen and oxygen atoms in total. The number of phenols is 1. The molecule has 3 aliphatic rings. The van der Waals surface area contributed by atoms with E-state index in [0.29, 0.717) is 11.2 Å². The topological polar surface area (TPSA) is 20.2 Å². The minimum Gasteiger partial charge on any atom is -0.508 e. The van der Waals surface area contributed by atoms with E-state index in [9.17, 15) is 5.11 Å². The van der Waals surface area contributed by atoms with Gasteiger partial charge in [-0.25, -0.2) is 0 Å². The summed E-state index contributed by atoms with van der Waals surface area (Å²) < 4.78 is 0. The highest BCUT2D eigenvalue weighted by atomic mass is 16.3. The van der Waals surface area contributed by atoms with Crippen LogP contribution in [0.2, 0.25) is 0 Å². The molecule has 0 saturated heterocycles. The summed E-state index contributed by atoms with van der Waals surface area (Å²) in [5.41, 5.74) is 5.04. The number of allylic oxidation sites excluding steroid dienone is 2. The van der Waals surface area contributed by atoms with E-state index in [2.05, 4.69) is 26.0 Å². The average molecular weight is 268 g/mol. The van der Waals surface area contributed by atoms with Crippen LogP contribution in [0.15, 0.2) is 29.8 Å². The standard InChI is InChI=1S/C19H24O/c1-12-3-8-18-17-6-4-13-11-14(20)5-7-15(13)16(17)9-10-19(12,18)2/h3,5,7,11,16-18,20H,4,6,8-10H2,1-2H3/t16-,17-,18+,19-/m1/s1. The van der Waals surface area contributed by atoms with E-state index < -0.39 is 0 Å². The van der Waals surface area contributed by atoms with Gasteiger partial charge < -0.3 is 5.11 Å². The number of hydrogen-bond donors (Lipinski definition) is 1. The van der Waals surface area contributed by atoms with Gasteiger partial charge in [-0.1, -0.05) is 24.6 Å². The Labute approximate surface area is 121 Å². The summed E-state index contributed by atoms with van der Waals surface area (Å²) in [4.78, 5) is 0. The molecule has 4 atom stereocenters. The van der Waals surface area contributed by atoms with Crippen LogP contribution in [0, 0.1) is 17.3 Å². The Kier molecular flexibility index (Phi) is 2.58. The molecule has 1 aromatic carbocycles. The first-order valence-electron chi connectivity index (χ1n) is 8.08. The van der Waals surface area contributed by atoms with Gasteiger partial charge in [-0.15, -0.1) is 0 Å². The Morgan fingerprint density at radius 2 is 2.10 bits per heavy atom. The van der Waals surface area contributed by atoms with Crippen LogP contribution < -0.4 is 0 Å². The third-order valence-electron chi connectivity index (χ3n) is 6.68. The molecular formula is C19H24O. The first-order chi connectivity index (χ1) is 9.59. The molecule has 20 heavy (non-hydrogen) atoms. The fourth-order valence-corrected chi connectivity index (χ4v) is 5.35. The number of aryl methyl sites for hydroxylation is 1. The van der Waals surface area contributed by atoms with Gasteiger partial charge >= 0.3 is 0 Å². The highest BCUT2D eigenvalue weighted by molar-refractivity contribution is 5.40. The first kappa shape index (κ1) is 12.5. The average Bonchev–Trinajstić information content (AvgIpc) is 2.74. The van der Waals surface area contributed by atoms with Crippen molar-refractivity contribution in [2.45, 2.75) is 51.9 Å². The molecule has 3 aliphatic carbocycles. The molecule has 0 spiro atoms. The zero-order valence-corrected chi connectivity index (χ0v) is 12.5. The molecule has 1 aromatic rings. The predicted octanol–water partition coefficient (Wildman–Crippen LogP) is 4.80. The molecule has 106 valence electrons. The second kappa shape index (κ2) is 4.13. The quantitative estimate of drug-likeness (QED) is 0.670. The van der Waals surface area contributed by atoms with Crippen LogP contribution in [0.1, 0.15) is 56.6 Å². The first-order valence-corrected chi connectivity index (χ1v) is 8.08. The maximum atomic E-state index is 9.70. The lowest BCUT2D eigenvalue weighted by atomic mass is 9.54. The van der Waals surface area contributed by atoms with Crippen molar-refractivity contribution in [2.24, 2.45) is 17.3 Å². The number of benzene rings is 1. The fourth-order valence-electron chi connectivity index (χ4n) is 5.35. The van der Waals surface area contributed by atoms with Crippen LogP contribution in [-0.2, 0) is 6.42 Å². The second-order valence-electron chi connectivity index (χ2n) is 7.38. The summed E-state index contributed by atoms with van der Waals surface area (Å²) in [6, 6.07) is 6.07. The zero-order chi connectivity index (χ0) is 13.9. The lowest BCUT2D eigenvalue weighted by Crippen LogP contribution is -2.40. The van der Waals surface area contributed by atoms with Gasteiger partial charge in [-0.3, -0.25) is 0 Å². The summed E-state index contributed by atoms with van der Waals surface area (Å²) in [7, 11) is 0. The highest BCUT2D eigenvalue weighted by Crippen LogP contribution is 2.60. The van der Waals surface area contributed by atoms with Crippen LogP contribution >= 0.6 is 0 Å². The Morgan fingerprint density at radius 1 is 1.25 bits per heavy atom. The van der Waals surface area contributed by atoms with Gasteiger partial charge in [0.2, 0.25) is 0 Å². The number of phenolic OH excluding ortho intramolecular Hbond substituents is 1. The Bertz CT molecular complexity index is 585. The molecular weight excluding hydrogens is 244 g/mol. The summed E-state index contributed by atoms with van der Waals surface area (Å²) in [6.07, 6.45) is 8.90. The minimum absolute atomic E-state index is 0.432. The molecule has 4 rings (SSSR count). The van der Waals surface area contributed by atoms with Crippen molar-refractivity contribution in [1.82, 2.24) is 0 Å². The molecule has 0 aromatic heterocycles. The molecule has 1 N–H and O–H groups in total. The molecule has 0 unspecified atom stereocenters. The van der Waals surface area contributed by atoms with Crippen LogP contribution in [0.3, 0.4) is 0 Å². The van der Waals surface area contributed by atoms with E-state index in [4.69, 9.17) is 0 Å². The maximum Gasteiger partial charge on any atom is 0.115 e. The molecule has 1 saturated carbocycles. The normalized spacial score (nSPS) is 38.7. The van der Waals surface area contributed by atoms with Gasteiger partial charge in [-0.2, -0.15) is 0 Å². The number of rotatable bonds is 0. The van der Waals surface area contributed by atoms with Crippen molar-refractivity contribution in [3.05, 3.63) is 41.0 Å². The molecule has 0 radical (unpaired) electrons. The van der Waals surface area contributed by atoms with Crippen molar-refractivity contribution < 1.29 is 5.11 Å². The van der Waals surface area contributed by atoms with E-state index in [1.165, 1.54) is 36.8 Å². The van der Waals surface area contributed by atoms with E-state index in [1.807, 2.05) is 12.1 Å². The lowest BCUT2D eigenvalue weighted by molar-refractivity contribution is 0.0753. The van der Waals surface area contributed by atoms with Gasteiger partial charge in [0.1, 0.15) is 5.75 Å². The lowest BCUT2D eigenvalue weighted by Gasteiger charge is -2.50. The predicted molar refractivity (Wildman–Crippen MR) is 81.9 cm³/mol. The summed E-state index contributed by atoms with van der Waals surface area (Å²) in [6.45, 7) is 4.84. The smallest absolute Gasteiger partial charge is 0.115 e. The van der Waals surface area contributed by atoms with Gasteiger partial charge in [0.05, 0.1) is 0 Å². The van der Waals surface area contributed by atoms with E-state index in [1.54, 1.807) is 5.57 Å². The molecule has 1 heteroatoms. The van der Waals surface area contributed by atoms with E-state index >= 15 is 0 Å². The third-order valence-corrected chi connectivity index (χ3v) is 6.68. The number of aromatic hydroxyl groups is 1. The Balaban J connectivity index is 1.72. The van der Waals surface area contributed by atoms with E-state index in [0.717, 1.165) is 24.2 Å². The maximum absolute atomic E-state index is 9.70. The number of fused-ring (bicyclic) bond motifs is 5. The second-order valence-corrected chi connectivity index (χ2v) is 7.38. The summed E-state index contributed by atoms with van der Waals surface area (Å²) in [5, 5.41) is 9.70. The van der Waals surface area contributed by atoms with Crippen molar-refractivity contribution in [3.8, 4) is 5.75 Å². The van der Waals surface area contributed by atoms with Crippen molar-refractivity contribution in [2.75, 3.05) is 0 Å². The van der Waals surface area contributed by atoms with Crippen molar-refractivity contribution >= 4 is 0 Å².